The molecule has 5 heteroatoms. The Morgan fingerprint density at radius 3 is 2.77 bits per heavy atom. The molecule has 0 unspecified atom stereocenters. The Bertz CT molecular complexity index is 950. The summed E-state index contributed by atoms with van der Waals surface area (Å²) in [5.74, 6) is 0.968. The molecule has 3 heterocycles. The largest absolute Gasteiger partial charge is 0.507 e. The van der Waals surface area contributed by atoms with E-state index in [2.05, 4.69) is 23.8 Å². The molecule has 0 bridgehead atoms. The van der Waals surface area contributed by atoms with Gasteiger partial charge in [-0.2, -0.15) is 0 Å². The molecule has 0 aliphatic carbocycles. The van der Waals surface area contributed by atoms with Crippen LogP contribution in [0.3, 0.4) is 0 Å². The Balaban J connectivity index is 1.57. The molecule has 2 fully saturated rings. The second-order valence-electron chi connectivity index (χ2n) is 9.42. The first-order valence-electron chi connectivity index (χ1n) is 11.7. The minimum atomic E-state index is -0.340. The minimum Gasteiger partial charge on any atom is -0.507 e. The van der Waals surface area contributed by atoms with Gasteiger partial charge < -0.3 is 19.3 Å². The van der Waals surface area contributed by atoms with Crippen LogP contribution in [0.5, 0.6) is 5.75 Å². The third kappa shape index (κ3) is 4.28. The molecule has 30 heavy (non-hydrogen) atoms. The predicted octanol–water partition coefficient (Wildman–Crippen LogP) is 4.46. The molecule has 4 rings (SSSR count). The number of rotatable bonds is 6. The molecular weight excluding hydrogens is 376 g/mol. The van der Waals surface area contributed by atoms with Crippen LogP contribution < -0.4 is 5.63 Å². The average Bonchev–Trinajstić information content (AvgIpc) is 2.73. The third-order valence-electron chi connectivity index (χ3n) is 7.14. The van der Waals surface area contributed by atoms with Crippen LogP contribution in [0.1, 0.15) is 62.1 Å². The second kappa shape index (κ2) is 9.11. The molecular formula is C25H36N2O3. The highest BCUT2D eigenvalue weighted by Crippen LogP contribution is 2.34. The van der Waals surface area contributed by atoms with Crippen LogP contribution in [0.15, 0.2) is 21.3 Å². The van der Waals surface area contributed by atoms with Crippen LogP contribution in [0.4, 0.5) is 0 Å². The van der Waals surface area contributed by atoms with E-state index in [4.69, 9.17) is 4.42 Å². The number of benzene rings is 1. The highest BCUT2D eigenvalue weighted by atomic mass is 16.4. The maximum absolute atomic E-state index is 12.0. The molecule has 5 nitrogen and oxygen atoms in total. The summed E-state index contributed by atoms with van der Waals surface area (Å²) < 4.78 is 5.47. The lowest BCUT2D eigenvalue weighted by atomic mass is 9.83. The summed E-state index contributed by atoms with van der Waals surface area (Å²) in [4.78, 5) is 17.1. The van der Waals surface area contributed by atoms with E-state index in [9.17, 15) is 9.90 Å². The highest BCUT2D eigenvalue weighted by molar-refractivity contribution is 5.86. The molecule has 1 aromatic carbocycles. The molecule has 2 saturated heterocycles. The van der Waals surface area contributed by atoms with Gasteiger partial charge in [0.2, 0.25) is 0 Å². The normalized spacial score (nSPS) is 22.5. The number of hydrogen-bond donors (Lipinski definition) is 1. The molecule has 2 aliphatic rings. The van der Waals surface area contributed by atoms with Gasteiger partial charge >= 0.3 is 5.63 Å². The van der Waals surface area contributed by atoms with E-state index >= 15 is 0 Å². The van der Waals surface area contributed by atoms with Crippen molar-refractivity contribution in [2.24, 2.45) is 5.92 Å². The van der Waals surface area contributed by atoms with Crippen LogP contribution in [0.2, 0.25) is 0 Å². The van der Waals surface area contributed by atoms with Gasteiger partial charge in [0.15, 0.2) is 0 Å². The van der Waals surface area contributed by atoms with E-state index in [0.29, 0.717) is 23.6 Å². The van der Waals surface area contributed by atoms with Crippen molar-refractivity contribution in [1.29, 1.82) is 0 Å². The standard InChI is InChI=1S/C25H36N2O3/c1-4-8-18-14-23(28)30-25-17(2)24(29)20(13-21(18)25)16-26(3)15-19-9-7-12-27-11-6-5-10-22(19)27/h13-14,19,22,29H,4-12,15-16H2,1-3H3/t19-,22+/m0/s1. The van der Waals surface area contributed by atoms with E-state index in [1.165, 1.54) is 45.2 Å². The zero-order valence-corrected chi connectivity index (χ0v) is 18.7. The Labute approximate surface area is 179 Å². The molecule has 0 amide bonds. The summed E-state index contributed by atoms with van der Waals surface area (Å²) in [5, 5.41) is 11.8. The van der Waals surface area contributed by atoms with Crippen molar-refractivity contribution in [2.45, 2.75) is 71.4 Å². The monoisotopic (exact) mass is 412 g/mol. The first-order chi connectivity index (χ1) is 14.5. The Kier molecular flexibility index (Phi) is 6.49. The van der Waals surface area contributed by atoms with Crippen LogP contribution in [-0.4, -0.2) is 47.6 Å². The summed E-state index contributed by atoms with van der Waals surface area (Å²) in [7, 11) is 2.17. The van der Waals surface area contributed by atoms with Gasteiger partial charge in [0.1, 0.15) is 11.3 Å². The number of phenolic OH excluding ortho intramolecular Hbond substituents is 1. The summed E-state index contributed by atoms with van der Waals surface area (Å²) in [6, 6.07) is 4.37. The summed E-state index contributed by atoms with van der Waals surface area (Å²) in [6.07, 6.45) is 8.44. The molecule has 1 aromatic heterocycles. The Morgan fingerprint density at radius 2 is 1.97 bits per heavy atom. The maximum atomic E-state index is 12.0. The molecule has 0 radical (unpaired) electrons. The molecule has 2 aromatic rings. The molecule has 1 N–H and O–H groups in total. The van der Waals surface area contributed by atoms with Gasteiger partial charge in [-0.3, -0.25) is 0 Å². The summed E-state index contributed by atoms with van der Waals surface area (Å²) in [6.45, 7) is 8.25. The van der Waals surface area contributed by atoms with Gasteiger partial charge in [0.05, 0.1) is 0 Å². The van der Waals surface area contributed by atoms with Crippen molar-refractivity contribution in [3.8, 4) is 5.75 Å². The lowest BCUT2D eigenvalue weighted by molar-refractivity contribution is 0.0434. The van der Waals surface area contributed by atoms with Crippen molar-refractivity contribution < 1.29 is 9.52 Å². The lowest BCUT2D eigenvalue weighted by Gasteiger charge is -2.45. The van der Waals surface area contributed by atoms with Gasteiger partial charge in [0.25, 0.3) is 0 Å². The van der Waals surface area contributed by atoms with Crippen molar-refractivity contribution in [1.82, 2.24) is 9.80 Å². The minimum absolute atomic E-state index is 0.258. The SMILES string of the molecule is CCCc1cc(=O)oc2c(C)c(O)c(CN(C)C[C@@H]3CCCN4CCCC[C@H]34)cc12. The second-order valence-corrected chi connectivity index (χ2v) is 9.42. The van der Waals surface area contributed by atoms with Crippen LogP contribution in [0, 0.1) is 12.8 Å². The van der Waals surface area contributed by atoms with Crippen molar-refractivity contribution in [2.75, 3.05) is 26.7 Å². The number of piperidine rings is 2. The van der Waals surface area contributed by atoms with Crippen LogP contribution in [-0.2, 0) is 13.0 Å². The number of aromatic hydroxyl groups is 1. The number of nitrogens with zero attached hydrogens (tertiary/aromatic N) is 2. The third-order valence-corrected chi connectivity index (χ3v) is 7.14. The Hall–Kier alpha value is -1.85. The molecule has 0 saturated carbocycles. The average molecular weight is 413 g/mol. The number of fused-ring (bicyclic) bond motifs is 2. The molecule has 0 spiro atoms. The van der Waals surface area contributed by atoms with Crippen LogP contribution in [0.25, 0.3) is 11.0 Å². The topological polar surface area (TPSA) is 56.9 Å². The van der Waals surface area contributed by atoms with Gasteiger partial charge in [-0.05, 0) is 76.7 Å². The fraction of sp³-hybridized carbons (Fsp3) is 0.640. The fourth-order valence-electron chi connectivity index (χ4n) is 5.72. The van der Waals surface area contributed by atoms with Crippen molar-refractivity contribution in [3.05, 3.63) is 39.2 Å². The number of hydrogen-bond acceptors (Lipinski definition) is 5. The van der Waals surface area contributed by atoms with Crippen molar-refractivity contribution in [3.63, 3.8) is 0 Å². The number of phenols is 1. The smallest absolute Gasteiger partial charge is 0.336 e. The summed E-state index contributed by atoms with van der Waals surface area (Å²) >= 11 is 0. The highest BCUT2D eigenvalue weighted by Gasteiger charge is 2.33. The lowest BCUT2D eigenvalue weighted by Crippen LogP contribution is -2.50. The first-order valence-corrected chi connectivity index (χ1v) is 11.7. The molecule has 164 valence electrons. The van der Waals surface area contributed by atoms with Gasteiger partial charge in [-0.1, -0.05) is 19.8 Å². The van der Waals surface area contributed by atoms with E-state index in [1.807, 2.05) is 13.0 Å². The number of aryl methyl sites for hydroxylation is 2. The zero-order chi connectivity index (χ0) is 21.3. The first kappa shape index (κ1) is 21.4. The van der Waals surface area contributed by atoms with Gasteiger partial charge in [0, 0.05) is 41.7 Å². The Morgan fingerprint density at radius 1 is 1.17 bits per heavy atom. The molecule has 2 aliphatic heterocycles. The predicted molar refractivity (Wildman–Crippen MR) is 121 cm³/mol. The maximum Gasteiger partial charge on any atom is 0.336 e. The molecule has 2 atom stereocenters. The fourth-order valence-corrected chi connectivity index (χ4v) is 5.72. The summed E-state index contributed by atoms with van der Waals surface area (Å²) in [5.41, 5.74) is 2.79. The van der Waals surface area contributed by atoms with Gasteiger partial charge in [-0.25, -0.2) is 4.79 Å². The zero-order valence-electron chi connectivity index (χ0n) is 18.7. The van der Waals surface area contributed by atoms with E-state index in [-0.39, 0.29) is 11.4 Å². The van der Waals surface area contributed by atoms with Crippen molar-refractivity contribution >= 4 is 11.0 Å². The van der Waals surface area contributed by atoms with Gasteiger partial charge in [-0.15, -0.1) is 0 Å². The van der Waals surface area contributed by atoms with E-state index in [0.717, 1.165) is 41.9 Å². The van der Waals surface area contributed by atoms with E-state index in [1.54, 1.807) is 6.07 Å². The quantitative estimate of drug-likeness (QED) is 0.710. The van der Waals surface area contributed by atoms with E-state index < -0.39 is 0 Å². The van der Waals surface area contributed by atoms with Crippen LogP contribution >= 0.6 is 0 Å².